The Morgan fingerprint density at radius 3 is 2.70 bits per heavy atom. The highest BCUT2D eigenvalue weighted by Crippen LogP contribution is 2.38. The first-order valence-corrected chi connectivity index (χ1v) is 6.28. The topological polar surface area (TPSA) is 141 Å². The highest BCUT2D eigenvalue weighted by Gasteiger charge is 2.23. The molecule has 0 saturated heterocycles. The molecule has 0 aliphatic heterocycles. The molecule has 104 valence electrons. The van der Waals surface area contributed by atoms with Gasteiger partial charge in [-0.05, 0) is 31.9 Å². The molecule has 0 radical (unpaired) electrons. The molecule has 0 unspecified atom stereocenters. The number of amidine groups is 1. The SMILES string of the molecule is N#C/C(=N\Nc1c([N+](=O)[O-])cc(Br)c(F)c1Br)C(=N)N. The molecule has 20 heavy (non-hydrogen) atoms. The van der Waals surface area contributed by atoms with Crippen LogP contribution in [0.3, 0.4) is 0 Å². The van der Waals surface area contributed by atoms with Crippen molar-refractivity contribution >= 4 is 54.8 Å². The molecular weight excluding hydrogens is 403 g/mol. The van der Waals surface area contributed by atoms with E-state index in [2.05, 4.69) is 42.4 Å². The molecule has 1 aromatic rings. The van der Waals surface area contributed by atoms with E-state index < -0.39 is 28.0 Å². The quantitative estimate of drug-likeness (QED) is 0.231. The number of benzene rings is 1. The maximum absolute atomic E-state index is 13.7. The maximum Gasteiger partial charge on any atom is 0.296 e. The zero-order valence-corrected chi connectivity index (χ0v) is 12.6. The highest BCUT2D eigenvalue weighted by atomic mass is 79.9. The van der Waals surface area contributed by atoms with E-state index in [9.17, 15) is 14.5 Å². The van der Waals surface area contributed by atoms with Gasteiger partial charge in [0.05, 0.1) is 13.9 Å². The van der Waals surface area contributed by atoms with Gasteiger partial charge in [0.25, 0.3) is 5.69 Å². The molecule has 0 aliphatic rings. The van der Waals surface area contributed by atoms with Gasteiger partial charge in [-0.1, -0.05) is 0 Å². The van der Waals surface area contributed by atoms with Crippen LogP contribution in [0.2, 0.25) is 0 Å². The van der Waals surface area contributed by atoms with Gasteiger partial charge >= 0.3 is 0 Å². The molecular formula is C9H5Br2FN6O2. The summed E-state index contributed by atoms with van der Waals surface area (Å²) in [6.07, 6.45) is 0. The Morgan fingerprint density at radius 1 is 1.65 bits per heavy atom. The minimum absolute atomic E-state index is 0.113. The Hall–Kier alpha value is -2.06. The van der Waals surface area contributed by atoms with Gasteiger partial charge in [0, 0.05) is 6.07 Å². The third-order valence-corrected chi connectivity index (χ3v) is 3.30. The van der Waals surface area contributed by atoms with Crippen LogP contribution in [0.1, 0.15) is 0 Å². The fraction of sp³-hybridized carbons (Fsp3) is 0. The van der Waals surface area contributed by atoms with E-state index in [4.69, 9.17) is 16.4 Å². The summed E-state index contributed by atoms with van der Waals surface area (Å²) in [7, 11) is 0. The number of nitrogens with two attached hydrogens (primary N) is 1. The van der Waals surface area contributed by atoms with Crippen molar-refractivity contribution in [3.63, 3.8) is 0 Å². The van der Waals surface area contributed by atoms with Gasteiger partial charge in [0.1, 0.15) is 6.07 Å². The molecule has 0 amide bonds. The molecule has 0 aromatic heterocycles. The van der Waals surface area contributed by atoms with Crippen LogP contribution in [-0.2, 0) is 0 Å². The Bertz CT molecular complexity index is 669. The second-order valence-corrected chi connectivity index (χ2v) is 4.88. The number of hydrazone groups is 1. The summed E-state index contributed by atoms with van der Waals surface area (Å²) < 4.78 is 13.3. The van der Waals surface area contributed by atoms with E-state index >= 15 is 0 Å². The van der Waals surface area contributed by atoms with Gasteiger partial charge in [-0.15, -0.1) is 0 Å². The summed E-state index contributed by atoms with van der Waals surface area (Å²) in [6.45, 7) is 0. The average Bonchev–Trinajstić information content (AvgIpc) is 2.38. The van der Waals surface area contributed by atoms with Crippen LogP contribution in [0.4, 0.5) is 15.8 Å². The van der Waals surface area contributed by atoms with E-state index in [1.54, 1.807) is 0 Å². The summed E-state index contributed by atoms with van der Waals surface area (Å²) in [6, 6.07) is 2.46. The second-order valence-electron chi connectivity index (χ2n) is 3.24. The zero-order chi connectivity index (χ0) is 15.4. The molecule has 0 fully saturated rings. The lowest BCUT2D eigenvalue weighted by molar-refractivity contribution is -0.384. The lowest BCUT2D eigenvalue weighted by Crippen LogP contribution is -2.22. The van der Waals surface area contributed by atoms with E-state index in [1.165, 1.54) is 6.07 Å². The normalized spacial score (nSPS) is 10.8. The smallest absolute Gasteiger partial charge is 0.296 e. The van der Waals surface area contributed by atoms with Crippen LogP contribution in [0.25, 0.3) is 0 Å². The Balaban J connectivity index is 3.38. The molecule has 8 nitrogen and oxygen atoms in total. The Kier molecular flexibility index (Phi) is 5.12. The second kappa shape index (κ2) is 6.40. The van der Waals surface area contributed by atoms with Crippen molar-refractivity contribution in [1.82, 2.24) is 0 Å². The molecule has 1 aromatic carbocycles. The van der Waals surface area contributed by atoms with Gasteiger partial charge in [-0.25, -0.2) is 4.39 Å². The van der Waals surface area contributed by atoms with Crippen molar-refractivity contribution in [2.75, 3.05) is 5.43 Å². The predicted octanol–water partition coefficient (Wildman–Crippen LogP) is 2.49. The van der Waals surface area contributed by atoms with Gasteiger partial charge in [-0.2, -0.15) is 10.4 Å². The number of halogens is 3. The van der Waals surface area contributed by atoms with E-state index in [1.807, 2.05) is 0 Å². The van der Waals surface area contributed by atoms with Gasteiger partial charge in [-0.3, -0.25) is 20.9 Å². The summed E-state index contributed by atoms with van der Waals surface area (Å²) in [5, 5.41) is 30.0. The average molecular weight is 408 g/mol. The molecule has 0 aliphatic carbocycles. The van der Waals surface area contributed by atoms with Crippen molar-refractivity contribution in [1.29, 1.82) is 10.7 Å². The Morgan fingerprint density at radius 2 is 2.25 bits per heavy atom. The number of nitriles is 1. The lowest BCUT2D eigenvalue weighted by Gasteiger charge is -2.07. The summed E-state index contributed by atoms with van der Waals surface area (Å²) in [4.78, 5) is 10.1. The van der Waals surface area contributed by atoms with Crippen molar-refractivity contribution in [3.05, 3.63) is 30.9 Å². The third-order valence-electron chi connectivity index (χ3n) is 1.98. The van der Waals surface area contributed by atoms with Gasteiger partial charge < -0.3 is 5.73 Å². The third kappa shape index (κ3) is 3.28. The summed E-state index contributed by atoms with van der Waals surface area (Å²) in [5.74, 6) is -1.41. The number of anilines is 1. The number of hydrogen-bond donors (Lipinski definition) is 3. The van der Waals surface area contributed by atoms with Gasteiger partial charge in [0.2, 0.25) is 5.71 Å². The summed E-state index contributed by atoms with van der Waals surface area (Å²) in [5.41, 5.74) is 5.95. The van der Waals surface area contributed by atoms with E-state index in [0.29, 0.717) is 0 Å². The molecule has 0 spiro atoms. The fourth-order valence-electron chi connectivity index (χ4n) is 1.09. The van der Waals surface area contributed by atoms with Crippen molar-refractivity contribution in [2.24, 2.45) is 10.8 Å². The van der Waals surface area contributed by atoms with Crippen molar-refractivity contribution < 1.29 is 9.31 Å². The molecule has 0 saturated carbocycles. The Labute approximate surface area is 128 Å². The monoisotopic (exact) mass is 406 g/mol. The van der Waals surface area contributed by atoms with Crippen LogP contribution in [-0.4, -0.2) is 16.5 Å². The molecule has 0 atom stereocenters. The number of nitrogens with zero attached hydrogens (tertiary/aromatic N) is 3. The molecule has 4 N–H and O–H groups in total. The first-order chi connectivity index (χ1) is 9.29. The summed E-state index contributed by atoms with van der Waals surface area (Å²) >= 11 is 5.69. The van der Waals surface area contributed by atoms with Gasteiger partial charge in [0.15, 0.2) is 17.3 Å². The van der Waals surface area contributed by atoms with Crippen molar-refractivity contribution in [3.8, 4) is 6.07 Å². The number of nitro benzene ring substituents is 1. The molecule has 11 heteroatoms. The molecule has 0 bridgehead atoms. The first kappa shape index (κ1) is 16.0. The zero-order valence-electron chi connectivity index (χ0n) is 9.45. The number of hydrogen-bond acceptors (Lipinski definition) is 6. The van der Waals surface area contributed by atoms with Crippen LogP contribution in [0.15, 0.2) is 20.1 Å². The van der Waals surface area contributed by atoms with Crippen LogP contribution in [0.5, 0.6) is 0 Å². The van der Waals surface area contributed by atoms with Crippen LogP contribution in [0, 0.1) is 32.7 Å². The molecule has 1 rings (SSSR count). The van der Waals surface area contributed by atoms with E-state index in [0.717, 1.165) is 6.07 Å². The lowest BCUT2D eigenvalue weighted by atomic mass is 10.2. The minimum Gasteiger partial charge on any atom is -0.382 e. The maximum atomic E-state index is 13.7. The number of nitro groups is 1. The number of nitrogens with one attached hydrogen (secondary N) is 2. The fourth-order valence-corrected chi connectivity index (χ4v) is 2.28. The highest BCUT2D eigenvalue weighted by molar-refractivity contribution is 9.11. The number of rotatable bonds is 4. The van der Waals surface area contributed by atoms with Crippen LogP contribution < -0.4 is 11.2 Å². The van der Waals surface area contributed by atoms with Crippen molar-refractivity contribution in [2.45, 2.75) is 0 Å². The predicted molar refractivity (Wildman–Crippen MR) is 77.0 cm³/mol. The largest absolute Gasteiger partial charge is 0.382 e. The van der Waals surface area contributed by atoms with Crippen LogP contribution >= 0.6 is 31.9 Å². The standard InChI is InChI=1S/C9H5Br2FN6O2/c10-3-1-5(18(19)20)8(6(11)7(3)12)17-16-4(2-13)9(14)15/h1,17H,(H3,14,15)/b16-4+. The first-order valence-electron chi connectivity index (χ1n) is 4.69. The minimum atomic E-state index is -0.783. The van der Waals surface area contributed by atoms with E-state index in [-0.39, 0.29) is 14.6 Å². The molecule has 0 heterocycles.